The van der Waals surface area contributed by atoms with Crippen LogP contribution in [-0.4, -0.2) is 53.8 Å². The highest BCUT2D eigenvalue weighted by Crippen LogP contribution is 2.23. The van der Waals surface area contributed by atoms with Crippen molar-refractivity contribution in [3.63, 3.8) is 0 Å². The lowest BCUT2D eigenvalue weighted by molar-refractivity contribution is 0.576. The number of hydrogen-bond donors (Lipinski definition) is 2. The minimum Gasteiger partial charge on any atom is -0.330 e. The van der Waals surface area contributed by atoms with Gasteiger partial charge in [-0.2, -0.15) is 28.6 Å². The van der Waals surface area contributed by atoms with Crippen LogP contribution in [0.25, 0.3) is 0 Å². The quantitative estimate of drug-likeness (QED) is 0.747. The summed E-state index contributed by atoms with van der Waals surface area (Å²) in [5.74, 6) is 3.25. The highest BCUT2D eigenvalue weighted by molar-refractivity contribution is 8.06. The van der Waals surface area contributed by atoms with Crippen molar-refractivity contribution in [3.05, 3.63) is 12.4 Å². The van der Waals surface area contributed by atoms with Crippen LogP contribution in [-0.2, 0) is 16.6 Å². The van der Waals surface area contributed by atoms with E-state index in [9.17, 15) is 8.42 Å². The first-order chi connectivity index (χ1) is 9.62. The molecule has 0 aromatic carbocycles. The smallest absolute Gasteiger partial charge is 0.243 e. The second-order valence-electron chi connectivity index (χ2n) is 4.50. The molecule has 1 fully saturated rings. The fourth-order valence-corrected chi connectivity index (χ4v) is 5.55. The Hall–Kier alpha value is -0.220. The number of aromatic nitrogens is 2. The second kappa shape index (κ2) is 7.69. The minimum atomic E-state index is -3.45. The van der Waals surface area contributed by atoms with E-state index in [2.05, 4.69) is 9.82 Å². The minimum absolute atomic E-state index is 0.225. The lowest BCUT2D eigenvalue weighted by Gasteiger charge is -2.20. The van der Waals surface area contributed by atoms with Gasteiger partial charge in [0.25, 0.3) is 0 Å². The van der Waals surface area contributed by atoms with Crippen LogP contribution in [0, 0.1) is 0 Å². The van der Waals surface area contributed by atoms with Gasteiger partial charge in [0.15, 0.2) is 0 Å². The third kappa shape index (κ3) is 4.66. The third-order valence-electron chi connectivity index (χ3n) is 2.90. The first-order valence-electron chi connectivity index (χ1n) is 6.53. The monoisotopic (exact) mass is 336 g/mol. The molecule has 114 valence electrons. The first-order valence-corrected chi connectivity index (χ1v) is 10.2. The van der Waals surface area contributed by atoms with Gasteiger partial charge in [0, 0.05) is 41.8 Å². The number of nitrogens with two attached hydrogens (primary N) is 1. The summed E-state index contributed by atoms with van der Waals surface area (Å²) >= 11 is 3.71. The Morgan fingerprint density at radius 2 is 2.35 bits per heavy atom. The number of rotatable bonds is 7. The SMILES string of the molecule is NCCCn1cc(S(=O)(=O)NCC2CSCCS2)cn1. The lowest BCUT2D eigenvalue weighted by atomic mass is 10.4. The Morgan fingerprint density at radius 1 is 1.50 bits per heavy atom. The molecule has 1 unspecified atom stereocenters. The van der Waals surface area contributed by atoms with Crippen LogP contribution in [0.4, 0.5) is 0 Å². The standard InChI is InChI=1S/C11H20N4O2S3/c12-2-1-3-15-8-11(7-13-15)20(16,17)14-6-10-9-18-4-5-19-10/h7-8,10,14H,1-6,9,12H2. The average molecular weight is 337 g/mol. The Morgan fingerprint density at radius 3 is 3.05 bits per heavy atom. The number of sulfonamides is 1. The third-order valence-corrected chi connectivity index (χ3v) is 7.12. The molecule has 0 saturated carbocycles. The maximum absolute atomic E-state index is 12.2. The Kier molecular flexibility index (Phi) is 6.21. The summed E-state index contributed by atoms with van der Waals surface area (Å²) < 4.78 is 28.6. The zero-order chi connectivity index (χ0) is 14.4. The maximum Gasteiger partial charge on any atom is 0.243 e. The van der Waals surface area contributed by atoms with Gasteiger partial charge in [-0.15, -0.1) is 0 Å². The molecule has 2 rings (SSSR count). The summed E-state index contributed by atoms with van der Waals surface area (Å²) in [7, 11) is -3.45. The van der Waals surface area contributed by atoms with Gasteiger partial charge in [0.05, 0.1) is 6.20 Å². The molecule has 6 nitrogen and oxygen atoms in total. The van der Waals surface area contributed by atoms with Gasteiger partial charge in [-0.3, -0.25) is 4.68 Å². The molecule has 20 heavy (non-hydrogen) atoms. The van der Waals surface area contributed by atoms with E-state index in [1.165, 1.54) is 6.20 Å². The zero-order valence-electron chi connectivity index (χ0n) is 11.2. The van der Waals surface area contributed by atoms with E-state index in [0.717, 1.165) is 23.7 Å². The van der Waals surface area contributed by atoms with Crippen molar-refractivity contribution in [1.82, 2.24) is 14.5 Å². The van der Waals surface area contributed by atoms with Gasteiger partial charge >= 0.3 is 0 Å². The summed E-state index contributed by atoms with van der Waals surface area (Å²) in [6.07, 6.45) is 3.73. The van der Waals surface area contributed by atoms with Gasteiger partial charge in [0.1, 0.15) is 4.90 Å². The number of aryl methyl sites for hydroxylation is 1. The molecule has 1 atom stereocenters. The molecule has 0 bridgehead atoms. The zero-order valence-corrected chi connectivity index (χ0v) is 13.6. The molecule has 1 aromatic rings. The van der Waals surface area contributed by atoms with E-state index < -0.39 is 10.0 Å². The first kappa shape index (κ1) is 16.2. The lowest BCUT2D eigenvalue weighted by Crippen LogP contribution is -2.33. The highest BCUT2D eigenvalue weighted by Gasteiger charge is 2.20. The van der Waals surface area contributed by atoms with Crippen LogP contribution < -0.4 is 10.5 Å². The fraction of sp³-hybridized carbons (Fsp3) is 0.727. The Labute approximate surface area is 128 Å². The van der Waals surface area contributed by atoms with Gasteiger partial charge in [0.2, 0.25) is 10.0 Å². The summed E-state index contributed by atoms with van der Waals surface area (Å²) in [6.45, 7) is 1.69. The average Bonchev–Trinajstić information content (AvgIpc) is 2.94. The highest BCUT2D eigenvalue weighted by atomic mass is 32.2. The van der Waals surface area contributed by atoms with Crippen molar-refractivity contribution in [1.29, 1.82) is 0 Å². The van der Waals surface area contributed by atoms with Crippen LogP contribution in [0.1, 0.15) is 6.42 Å². The molecule has 0 spiro atoms. The van der Waals surface area contributed by atoms with Crippen LogP contribution in [0.2, 0.25) is 0 Å². The Bertz CT molecular complexity index is 511. The topological polar surface area (TPSA) is 90.0 Å². The van der Waals surface area contributed by atoms with Crippen molar-refractivity contribution in [2.24, 2.45) is 5.73 Å². The summed E-state index contributed by atoms with van der Waals surface area (Å²) in [6, 6.07) is 0. The largest absolute Gasteiger partial charge is 0.330 e. The van der Waals surface area contributed by atoms with Crippen molar-refractivity contribution in [3.8, 4) is 0 Å². The van der Waals surface area contributed by atoms with E-state index in [0.29, 0.717) is 24.9 Å². The van der Waals surface area contributed by atoms with E-state index >= 15 is 0 Å². The molecule has 1 aliphatic heterocycles. The number of thioether (sulfide) groups is 2. The molecule has 0 radical (unpaired) electrons. The predicted molar refractivity (Wildman–Crippen MR) is 84.7 cm³/mol. The van der Waals surface area contributed by atoms with Gasteiger partial charge in [-0.05, 0) is 13.0 Å². The van der Waals surface area contributed by atoms with Gasteiger partial charge < -0.3 is 5.73 Å². The summed E-state index contributed by atoms with van der Waals surface area (Å²) in [5, 5.41) is 4.40. The molecule has 0 amide bonds. The molecular weight excluding hydrogens is 316 g/mol. The molecule has 2 heterocycles. The number of nitrogens with one attached hydrogen (secondary N) is 1. The summed E-state index contributed by atoms with van der Waals surface area (Å²) in [5.41, 5.74) is 5.42. The van der Waals surface area contributed by atoms with Crippen LogP contribution >= 0.6 is 23.5 Å². The molecule has 1 aromatic heterocycles. The number of hydrogen-bond acceptors (Lipinski definition) is 6. The van der Waals surface area contributed by atoms with Crippen LogP contribution in [0.5, 0.6) is 0 Å². The normalized spacial score (nSPS) is 20.1. The van der Waals surface area contributed by atoms with Gasteiger partial charge in [-0.25, -0.2) is 13.1 Å². The molecule has 0 aliphatic carbocycles. The van der Waals surface area contributed by atoms with Crippen molar-refractivity contribution in [2.45, 2.75) is 23.1 Å². The van der Waals surface area contributed by atoms with E-state index in [1.54, 1.807) is 10.9 Å². The van der Waals surface area contributed by atoms with E-state index in [4.69, 9.17) is 5.73 Å². The summed E-state index contributed by atoms with van der Waals surface area (Å²) in [4.78, 5) is 0.225. The maximum atomic E-state index is 12.2. The van der Waals surface area contributed by atoms with Crippen molar-refractivity contribution < 1.29 is 8.42 Å². The molecule has 9 heteroatoms. The van der Waals surface area contributed by atoms with Crippen LogP contribution in [0.3, 0.4) is 0 Å². The molecular formula is C11H20N4O2S3. The fourth-order valence-electron chi connectivity index (χ4n) is 1.80. The molecule has 1 saturated heterocycles. The van der Waals surface area contributed by atoms with E-state index in [-0.39, 0.29) is 4.90 Å². The van der Waals surface area contributed by atoms with Crippen molar-refractivity contribution >= 4 is 33.5 Å². The van der Waals surface area contributed by atoms with E-state index in [1.807, 2.05) is 23.5 Å². The molecule has 1 aliphatic rings. The van der Waals surface area contributed by atoms with Crippen molar-refractivity contribution in [2.75, 3.05) is 30.3 Å². The second-order valence-corrected chi connectivity index (χ2v) is 8.83. The van der Waals surface area contributed by atoms with Crippen LogP contribution in [0.15, 0.2) is 17.3 Å². The molecule has 3 N–H and O–H groups in total. The Balaban J connectivity index is 1.90. The number of nitrogens with zero attached hydrogens (tertiary/aromatic N) is 2. The predicted octanol–water partition coefficient (Wildman–Crippen LogP) is 0.359. The van der Waals surface area contributed by atoms with Gasteiger partial charge in [-0.1, -0.05) is 0 Å².